The van der Waals surface area contributed by atoms with Crippen molar-refractivity contribution in [2.75, 3.05) is 5.32 Å². The number of amides is 1. The highest BCUT2D eigenvalue weighted by atomic mass is 79.9. The van der Waals surface area contributed by atoms with Gasteiger partial charge in [-0.3, -0.25) is 4.79 Å². The summed E-state index contributed by atoms with van der Waals surface area (Å²) in [6.45, 7) is 0. The third-order valence-electron chi connectivity index (χ3n) is 3.18. The molecular weight excluding hydrogens is 330 g/mol. The van der Waals surface area contributed by atoms with Gasteiger partial charge in [0.1, 0.15) is 0 Å². The zero-order valence-corrected chi connectivity index (χ0v) is 12.4. The number of rotatable bonds is 2. The third kappa shape index (κ3) is 2.54. The van der Waals surface area contributed by atoms with E-state index in [1.807, 2.05) is 18.2 Å². The van der Waals surface area contributed by atoms with Gasteiger partial charge in [0.2, 0.25) is 0 Å². The Labute approximate surface area is 129 Å². The number of nitrogens with zero attached hydrogens (tertiary/aromatic N) is 1. The van der Waals surface area contributed by atoms with Gasteiger partial charge in [-0.25, -0.2) is 0 Å². The molecule has 1 amide bonds. The number of aromatic amines is 1. The van der Waals surface area contributed by atoms with Crippen molar-refractivity contribution in [3.05, 3.63) is 64.3 Å². The van der Waals surface area contributed by atoms with Gasteiger partial charge in [0, 0.05) is 16.1 Å². The van der Waals surface area contributed by atoms with Gasteiger partial charge in [0.25, 0.3) is 5.91 Å². The van der Waals surface area contributed by atoms with E-state index in [1.165, 1.54) is 0 Å². The number of carbonyl (C=O) groups excluding carboxylic acids is 1. The fourth-order valence-corrected chi connectivity index (χ4v) is 2.63. The summed E-state index contributed by atoms with van der Waals surface area (Å²) < 4.78 is 0.675. The fourth-order valence-electron chi connectivity index (χ4n) is 2.15. The molecule has 3 rings (SSSR count). The highest BCUT2D eigenvalue weighted by molar-refractivity contribution is 9.10. The molecule has 0 radical (unpaired) electrons. The number of fused-ring (bicyclic) bond motifs is 1. The van der Waals surface area contributed by atoms with Crippen molar-refractivity contribution in [1.82, 2.24) is 4.98 Å². The van der Waals surface area contributed by atoms with Gasteiger partial charge in [0.05, 0.1) is 28.4 Å². The van der Waals surface area contributed by atoms with E-state index in [0.717, 1.165) is 10.9 Å². The van der Waals surface area contributed by atoms with Crippen molar-refractivity contribution < 1.29 is 4.79 Å². The monoisotopic (exact) mass is 339 g/mol. The molecule has 0 fully saturated rings. The predicted molar refractivity (Wildman–Crippen MR) is 85.1 cm³/mol. The number of nitriles is 1. The minimum Gasteiger partial charge on any atom is -0.361 e. The van der Waals surface area contributed by atoms with Gasteiger partial charge in [-0.15, -0.1) is 0 Å². The lowest BCUT2D eigenvalue weighted by atomic mass is 10.1. The van der Waals surface area contributed by atoms with Crippen molar-refractivity contribution in [1.29, 1.82) is 5.26 Å². The summed E-state index contributed by atoms with van der Waals surface area (Å²) in [6, 6.07) is 14.6. The van der Waals surface area contributed by atoms with Crippen LogP contribution in [0.15, 0.2) is 53.1 Å². The second kappa shape index (κ2) is 5.43. The largest absolute Gasteiger partial charge is 0.361 e. The second-order valence-corrected chi connectivity index (χ2v) is 5.36. The molecule has 2 N–H and O–H groups in total. The molecule has 0 aliphatic rings. The standard InChI is InChI=1S/C16H10BrN3O/c17-13-8-10(9-18)4-5-14(13)20-16(21)12-3-1-2-11-6-7-19-15(11)12/h1-8,19H,(H,20,21). The molecule has 0 aliphatic carbocycles. The quantitative estimate of drug-likeness (QED) is 0.739. The number of aromatic nitrogens is 1. The van der Waals surface area contributed by atoms with Crippen molar-refractivity contribution in [3.63, 3.8) is 0 Å². The smallest absolute Gasteiger partial charge is 0.257 e. The van der Waals surface area contributed by atoms with E-state index in [4.69, 9.17) is 5.26 Å². The number of benzene rings is 2. The Kier molecular flexibility index (Phi) is 3.46. The first kappa shape index (κ1) is 13.4. The number of hydrogen-bond acceptors (Lipinski definition) is 2. The van der Waals surface area contributed by atoms with Crippen LogP contribution in [0, 0.1) is 11.3 Å². The first-order chi connectivity index (χ1) is 10.2. The molecule has 1 heterocycles. The zero-order chi connectivity index (χ0) is 14.8. The number of nitrogens with one attached hydrogen (secondary N) is 2. The molecule has 4 nitrogen and oxygen atoms in total. The highest BCUT2D eigenvalue weighted by Crippen LogP contribution is 2.25. The van der Waals surface area contributed by atoms with Gasteiger partial charge in [-0.05, 0) is 46.3 Å². The van der Waals surface area contributed by atoms with Crippen LogP contribution in [0.4, 0.5) is 5.69 Å². The normalized spacial score (nSPS) is 10.3. The van der Waals surface area contributed by atoms with Gasteiger partial charge in [-0.2, -0.15) is 5.26 Å². The van der Waals surface area contributed by atoms with E-state index in [2.05, 4.69) is 32.3 Å². The average molecular weight is 340 g/mol. The SMILES string of the molecule is N#Cc1ccc(NC(=O)c2cccc3cc[nH]c23)c(Br)c1. The van der Waals surface area contributed by atoms with Crippen LogP contribution in [0.25, 0.3) is 10.9 Å². The second-order valence-electron chi connectivity index (χ2n) is 4.51. The molecule has 2 aromatic carbocycles. The third-order valence-corrected chi connectivity index (χ3v) is 3.83. The summed E-state index contributed by atoms with van der Waals surface area (Å²) in [5.74, 6) is -0.201. The van der Waals surface area contributed by atoms with Crippen molar-refractivity contribution in [3.8, 4) is 6.07 Å². The molecule has 21 heavy (non-hydrogen) atoms. The van der Waals surface area contributed by atoms with E-state index in [9.17, 15) is 4.79 Å². The molecule has 0 bridgehead atoms. The number of H-pyrrole nitrogens is 1. The minimum atomic E-state index is -0.201. The van der Waals surface area contributed by atoms with E-state index >= 15 is 0 Å². The molecule has 0 atom stereocenters. The maximum absolute atomic E-state index is 12.4. The summed E-state index contributed by atoms with van der Waals surface area (Å²) in [5.41, 5.74) is 2.54. The van der Waals surface area contributed by atoms with E-state index in [0.29, 0.717) is 21.3 Å². The fraction of sp³-hybridized carbons (Fsp3) is 0. The lowest BCUT2D eigenvalue weighted by Crippen LogP contribution is -2.12. The molecule has 0 saturated heterocycles. The Morgan fingerprint density at radius 1 is 1.24 bits per heavy atom. The number of halogens is 1. The van der Waals surface area contributed by atoms with Crippen LogP contribution in [-0.2, 0) is 0 Å². The maximum Gasteiger partial charge on any atom is 0.257 e. The lowest BCUT2D eigenvalue weighted by Gasteiger charge is -2.08. The number of para-hydroxylation sites is 1. The van der Waals surface area contributed by atoms with Gasteiger partial charge >= 0.3 is 0 Å². The average Bonchev–Trinajstić information content (AvgIpc) is 2.97. The van der Waals surface area contributed by atoms with Gasteiger partial charge in [0.15, 0.2) is 0 Å². The predicted octanol–water partition coefficient (Wildman–Crippen LogP) is 4.05. The highest BCUT2D eigenvalue weighted by Gasteiger charge is 2.12. The molecule has 0 saturated carbocycles. The Hall–Kier alpha value is -2.58. The lowest BCUT2D eigenvalue weighted by molar-refractivity contribution is 0.102. The Morgan fingerprint density at radius 3 is 2.86 bits per heavy atom. The minimum absolute atomic E-state index is 0.201. The van der Waals surface area contributed by atoms with E-state index < -0.39 is 0 Å². The summed E-state index contributed by atoms with van der Waals surface area (Å²) in [5, 5.41) is 12.7. The summed E-state index contributed by atoms with van der Waals surface area (Å²) in [4.78, 5) is 15.5. The Morgan fingerprint density at radius 2 is 2.10 bits per heavy atom. The van der Waals surface area contributed by atoms with Crippen molar-refractivity contribution in [2.24, 2.45) is 0 Å². The Bertz CT molecular complexity index is 877. The van der Waals surface area contributed by atoms with Crippen LogP contribution in [0.1, 0.15) is 15.9 Å². The number of hydrogen-bond donors (Lipinski definition) is 2. The molecule has 3 aromatic rings. The summed E-state index contributed by atoms with van der Waals surface area (Å²) in [7, 11) is 0. The van der Waals surface area contributed by atoms with Crippen molar-refractivity contribution >= 4 is 38.4 Å². The number of anilines is 1. The molecule has 0 unspecified atom stereocenters. The van der Waals surface area contributed by atoms with Crippen molar-refractivity contribution in [2.45, 2.75) is 0 Å². The first-order valence-electron chi connectivity index (χ1n) is 6.26. The maximum atomic E-state index is 12.4. The van der Waals surface area contributed by atoms with Crippen LogP contribution in [0.5, 0.6) is 0 Å². The Balaban J connectivity index is 1.94. The van der Waals surface area contributed by atoms with E-state index in [-0.39, 0.29) is 5.91 Å². The van der Waals surface area contributed by atoms with Crippen LogP contribution in [0.3, 0.4) is 0 Å². The van der Waals surface area contributed by atoms with Gasteiger partial charge < -0.3 is 10.3 Å². The summed E-state index contributed by atoms with van der Waals surface area (Å²) >= 11 is 3.36. The van der Waals surface area contributed by atoms with E-state index in [1.54, 1.807) is 30.5 Å². The van der Waals surface area contributed by atoms with Crippen LogP contribution in [-0.4, -0.2) is 10.9 Å². The zero-order valence-electron chi connectivity index (χ0n) is 10.9. The summed E-state index contributed by atoms with van der Waals surface area (Å²) in [6.07, 6.45) is 1.80. The molecule has 5 heteroatoms. The van der Waals surface area contributed by atoms with Crippen LogP contribution in [0.2, 0.25) is 0 Å². The van der Waals surface area contributed by atoms with Crippen LogP contribution >= 0.6 is 15.9 Å². The van der Waals surface area contributed by atoms with Crippen LogP contribution < -0.4 is 5.32 Å². The molecule has 0 spiro atoms. The molecule has 102 valence electrons. The molecule has 0 aliphatic heterocycles. The first-order valence-corrected chi connectivity index (χ1v) is 7.05. The topological polar surface area (TPSA) is 68.7 Å². The molecule has 1 aromatic heterocycles. The molecular formula is C16H10BrN3O. The number of carbonyl (C=O) groups is 1. The van der Waals surface area contributed by atoms with Gasteiger partial charge in [-0.1, -0.05) is 12.1 Å².